The number of hydrogen-bond donors (Lipinski definition) is 2. The van der Waals surface area contributed by atoms with Crippen LogP contribution in [0.2, 0.25) is 0 Å². The van der Waals surface area contributed by atoms with E-state index < -0.39 is 0 Å². The molecule has 0 saturated heterocycles. The van der Waals surface area contributed by atoms with Crippen LogP contribution in [0.1, 0.15) is 6.42 Å². The predicted molar refractivity (Wildman–Crippen MR) is 94.0 cm³/mol. The third kappa shape index (κ3) is 3.10. The number of guanidine groups is 1. The Hall–Kier alpha value is -2.26. The van der Waals surface area contributed by atoms with Gasteiger partial charge in [-0.15, -0.1) is 22.7 Å². The van der Waals surface area contributed by atoms with Crippen molar-refractivity contribution >= 4 is 33.8 Å². The van der Waals surface area contributed by atoms with E-state index in [1.807, 2.05) is 30.2 Å². The molecule has 1 aliphatic heterocycles. The molecule has 0 spiro atoms. The minimum Gasteiger partial charge on any atom is -0.356 e. The number of anilines is 1. The van der Waals surface area contributed by atoms with Crippen molar-refractivity contribution in [3.63, 3.8) is 0 Å². The van der Waals surface area contributed by atoms with Crippen molar-refractivity contribution in [2.75, 3.05) is 18.4 Å². The first-order chi connectivity index (χ1) is 11.3. The van der Waals surface area contributed by atoms with Crippen molar-refractivity contribution in [2.24, 2.45) is 12.0 Å². The maximum Gasteiger partial charge on any atom is 0.197 e. The fourth-order valence-electron chi connectivity index (χ4n) is 2.22. The number of aryl methyl sites for hydroxylation is 1. The van der Waals surface area contributed by atoms with Crippen LogP contribution in [-0.2, 0) is 7.05 Å². The average Bonchev–Trinajstić information content (AvgIpc) is 3.28. The summed E-state index contributed by atoms with van der Waals surface area (Å²) >= 11 is 3.15. The highest BCUT2D eigenvalue weighted by Crippen LogP contribution is 2.30. The van der Waals surface area contributed by atoms with Gasteiger partial charge in [-0.1, -0.05) is 0 Å². The number of thiazole rings is 2. The fraction of sp³-hybridized carbons (Fsp3) is 0.286. The summed E-state index contributed by atoms with van der Waals surface area (Å²) in [6, 6.07) is 0. The number of nitrogens with zero attached hydrogens (tertiary/aromatic N) is 5. The van der Waals surface area contributed by atoms with Crippen molar-refractivity contribution in [1.29, 1.82) is 0 Å². The van der Waals surface area contributed by atoms with Gasteiger partial charge in [0.2, 0.25) is 0 Å². The van der Waals surface area contributed by atoms with Gasteiger partial charge in [-0.25, -0.2) is 9.97 Å². The maximum atomic E-state index is 4.66. The Bertz CT molecular complexity index is 845. The van der Waals surface area contributed by atoms with Crippen LogP contribution in [0, 0.1) is 0 Å². The highest BCUT2D eigenvalue weighted by molar-refractivity contribution is 7.14. The summed E-state index contributed by atoms with van der Waals surface area (Å²) in [5.41, 5.74) is 2.79. The lowest BCUT2D eigenvalue weighted by molar-refractivity contribution is 0.740. The number of aromatic nitrogens is 4. The van der Waals surface area contributed by atoms with E-state index in [1.165, 1.54) is 0 Å². The molecule has 3 aromatic rings. The van der Waals surface area contributed by atoms with Crippen molar-refractivity contribution < 1.29 is 0 Å². The highest BCUT2D eigenvalue weighted by atomic mass is 32.1. The lowest BCUT2D eigenvalue weighted by Crippen LogP contribution is -2.35. The second-order valence-corrected chi connectivity index (χ2v) is 6.83. The summed E-state index contributed by atoms with van der Waals surface area (Å²) in [6.07, 6.45) is 4.86. The molecule has 0 radical (unpaired) electrons. The predicted octanol–water partition coefficient (Wildman–Crippen LogP) is 2.43. The molecule has 0 unspecified atom stereocenters. The maximum absolute atomic E-state index is 4.66. The van der Waals surface area contributed by atoms with E-state index in [2.05, 4.69) is 30.7 Å². The second-order valence-electron chi connectivity index (χ2n) is 5.11. The number of nitrogens with one attached hydrogen (secondary N) is 2. The standard InChI is InChI=1S/C14H15N7S2/c1-21-6-9(5-17-21)12-18-10(7-22-12)11-8-23-14(19-11)20-13-15-3-2-4-16-13/h5-8H,2-4H2,1H3,(H2,15,16,19,20). The number of hydrogen-bond acceptors (Lipinski definition) is 8. The Labute approximate surface area is 141 Å². The zero-order chi connectivity index (χ0) is 15.6. The van der Waals surface area contributed by atoms with Gasteiger partial charge in [-0.05, 0) is 6.42 Å². The Morgan fingerprint density at radius 2 is 2.09 bits per heavy atom. The second kappa shape index (κ2) is 6.09. The molecule has 7 nitrogen and oxygen atoms in total. The minimum absolute atomic E-state index is 0.798. The van der Waals surface area contributed by atoms with Gasteiger partial charge in [0.15, 0.2) is 11.1 Å². The zero-order valence-corrected chi connectivity index (χ0v) is 14.1. The van der Waals surface area contributed by atoms with Gasteiger partial charge in [0.25, 0.3) is 0 Å². The first kappa shape index (κ1) is 14.3. The van der Waals surface area contributed by atoms with Gasteiger partial charge in [0, 0.05) is 42.7 Å². The van der Waals surface area contributed by atoms with Crippen molar-refractivity contribution in [3.05, 3.63) is 23.2 Å². The molecule has 2 N–H and O–H groups in total. The smallest absolute Gasteiger partial charge is 0.197 e. The summed E-state index contributed by atoms with van der Waals surface area (Å²) in [4.78, 5) is 13.6. The van der Waals surface area contributed by atoms with E-state index >= 15 is 0 Å². The van der Waals surface area contributed by atoms with Crippen LogP contribution in [0.5, 0.6) is 0 Å². The molecule has 4 rings (SSSR count). The summed E-state index contributed by atoms with van der Waals surface area (Å²) in [5.74, 6) is 0.798. The average molecular weight is 345 g/mol. The van der Waals surface area contributed by atoms with Gasteiger partial charge < -0.3 is 10.6 Å². The van der Waals surface area contributed by atoms with E-state index in [4.69, 9.17) is 0 Å². The molecule has 9 heteroatoms. The zero-order valence-electron chi connectivity index (χ0n) is 12.5. The van der Waals surface area contributed by atoms with Crippen molar-refractivity contribution in [3.8, 4) is 22.0 Å². The normalized spacial score (nSPS) is 14.4. The Kier molecular flexibility index (Phi) is 3.80. The van der Waals surface area contributed by atoms with Gasteiger partial charge in [0.1, 0.15) is 16.4 Å². The molecular formula is C14H15N7S2. The molecule has 0 bridgehead atoms. The molecule has 0 atom stereocenters. The molecule has 0 saturated carbocycles. The molecule has 4 heterocycles. The van der Waals surface area contributed by atoms with Crippen LogP contribution in [0.15, 0.2) is 28.1 Å². The quantitative estimate of drug-likeness (QED) is 0.762. The molecule has 23 heavy (non-hydrogen) atoms. The van der Waals surface area contributed by atoms with Crippen LogP contribution >= 0.6 is 22.7 Å². The Morgan fingerprint density at radius 3 is 2.87 bits per heavy atom. The van der Waals surface area contributed by atoms with Gasteiger partial charge in [0.05, 0.1) is 6.20 Å². The molecule has 1 aliphatic rings. The monoisotopic (exact) mass is 345 g/mol. The topological polar surface area (TPSA) is 80.0 Å². The largest absolute Gasteiger partial charge is 0.356 e. The number of rotatable bonds is 3. The Balaban J connectivity index is 1.52. The lowest BCUT2D eigenvalue weighted by atomic mass is 10.3. The van der Waals surface area contributed by atoms with Crippen LogP contribution in [0.25, 0.3) is 22.0 Å². The number of aliphatic imine (C=N–C) groups is 1. The van der Waals surface area contributed by atoms with E-state index in [0.717, 1.165) is 52.6 Å². The molecule has 0 aliphatic carbocycles. The van der Waals surface area contributed by atoms with Gasteiger partial charge in [-0.2, -0.15) is 5.10 Å². The van der Waals surface area contributed by atoms with E-state index in [0.29, 0.717) is 0 Å². The van der Waals surface area contributed by atoms with Crippen LogP contribution in [0.3, 0.4) is 0 Å². The third-order valence-electron chi connectivity index (χ3n) is 3.35. The third-order valence-corrected chi connectivity index (χ3v) is 4.99. The van der Waals surface area contributed by atoms with Crippen LogP contribution < -0.4 is 10.6 Å². The molecule has 3 aromatic heterocycles. The van der Waals surface area contributed by atoms with Crippen molar-refractivity contribution in [1.82, 2.24) is 25.1 Å². The van der Waals surface area contributed by atoms with E-state index in [1.54, 1.807) is 27.4 Å². The van der Waals surface area contributed by atoms with Crippen LogP contribution in [0.4, 0.5) is 5.13 Å². The highest BCUT2D eigenvalue weighted by Gasteiger charge is 2.12. The van der Waals surface area contributed by atoms with Crippen LogP contribution in [-0.4, -0.2) is 38.8 Å². The molecule has 0 aromatic carbocycles. The first-order valence-electron chi connectivity index (χ1n) is 7.24. The van der Waals surface area contributed by atoms with Gasteiger partial charge in [-0.3, -0.25) is 9.67 Å². The SMILES string of the molecule is Cn1cc(-c2nc(-c3csc(NC4=NCCCN4)n3)cs2)cn1. The van der Waals surface area contributed by atoms with Crippen molar-refractivity contribution in [2.45, 2.75) is 6.42 Å². The molecular weight excluding hydrogens is 330 g/mol. The minimum atomic E-state index is 0.798. The fourth-order valence-corrected chi connectivity index (χ4v) is 3.71. The van der Waals surface area contributed by atoms with E-state index in [9.17, 15) is 0 Å². The molecule has 118 valence electrons. The summed E-state index contributed by atoms with van der Waals surface area (Å²) in [6.45, 7) is 1.80. The lowest BCUT2D eigenvalue weighted by Gasteiger charge is -2.13. The summed E-state index contributed by atoms with van der Waals surface area (Å²) in [7, 11) is 1.90. The van der Waals surface area contributed by atoms with Gasteiger partial charge >= 0.3 is 0 Å². The summed E-state index contributed by atoms with van der Waals surface area (Å²) < 4.78 is 1.78. The van der Waals surface area contributed by atoms with E-state index in [-0.39, 0.29) is 0 Å². The Morgan fingerprint density at radius 1 is 1.22 bits per heavy atom. The first-order valence-corrected chi connectivity index (χ1v) is 9.00. The molecule has 0 amide bonds. The molecule has 0 fully saturated rings. The summed E-state index contributed by atoms with van der Waals surface area (Å²) in [5, 5.41) is 16.4.